The van der Waals surface area contributed by atoms with Crippen molar-refractivity contribution in [1.82, 2.24) is 9.21 Å². The normalized spacial score (nSPS) is 20.7. The van der Waals surface area contributed by atoms with E-state index in [2.05, 4.69) is 0 Å². The lowest BCUT2D eigenvalue weighted by Gasteiger charge is -2.26. The van der Waals surface area contributed by atoms with Crippen LogP contribution in [0, 0.1) is 0 Å². The van der Waals surface area contributed by atoms with E-state index in [0.29, 0.717) is 18.8 Å². The van der Waals surface area contributed by atoms with Crippen LogP contribution in [-0.2, 0) is 10.0 Å². The third-order valence-corrected chi connectivity index (χ3v) is 5.87. The minimum absolute atomic E-state index is 0.00695. The lowest BCUT2D eigenvalue weighted by molar-refractivity contribution is 0.291. The third-order valence-electron chi connectivity index (χ3n) is 3.44. The molecular weight excluding hydrogens is 298 g/mol. The molecule has 0 aromatic heterocycles. The molecule has 1 atom stereocenters. The topological polar surface area (TPSA) is 66.6 Å². The molecule has 1 heterocycles. The molecule has 1 saturated heterocycles. The Bertz CT molecular complexity index is 589. The highest BCUT2D eigenvalue weighted by atomic mass is 35.5. The molecule has 1 fully saturated rings. The number of benzene rings is 1. The Kier molecular flexibility index (Phi) is 4.59. The van der Waals surface area contributed by atoms with Crippen molar-refractivity contribution in [2.24, 2.45) is 0 Å². The van der Waals surface area contributed by atoms with E-state index in [9.17, 15) is 8.42 Å². The van der Waals surface area contributed by atoms with Gasteiger partial charge in [0.25, 0.3) is 0 Å². The van der Waals surface area contributed by atoms with Crippen LogP contribution >= 0.6 is 11.6 Å². The van der Waals surface area contributed by atoms with E-state index in [1.165, 1.54) is 12.1 Å². The second-order valence-electron chi connectivity index (χ2n) is 5.36. The Balaban J connectivity index is 2.36. The largest absolute Gasteiger partial charge is 0.399 e. The SMILES string of the molecule is CN(C)CC1CCCN1S(=O)(=O)c1cc(N)ccc1Cl. The fraction of sp³-hybridized carbons (Fsp3) is 0.538. The summed E-state index contributed by atoms with van der Waals surface area (Å²) in [5.41, 5.74) is 6.09. The second kappa shape index (κ2) is 5.89. The van der Waals surface area contributed by atoms with Crippen LogP contribution in [0.15, 0.2) is 23.1 Å². The lowest BCUT2D eigenvalue weighted by Crippen LogP contribution is -2.41. The van der Waals surface area contributed by atoms with Crippen molar-refractivity contribution >= 4 is 27.3 Å². The van der Waals surface area contributed by atoms with Crippen molar-refractivity contribution in [3.05, 3.63) is 23.2 Å². The van der Waals surface area contributed by atoms with Gasteiger partial charge in [0.15, 0.2) is 0 Å². The zero-order valence-electron chi connectivity index (χ0n) is 11.7. The molecule has 1 aromatic rings. The molecule has 0 aliphatic carbocycles. The van der Waals surface area contributed by atoms with E-state index >= 15 is 0 Å². The van der Waals surface area contributed by atoms with Gasteiger partial charge >= 0.3 is 0 Å². The summed E-state index contributed by atoms with van der Waals surface area (Å²) in [4.78, 5) is 2.10. The fourth-order valence-electron chi connectivity index (χ4n) is 2.57. The van der Waals surface area contributed by atoms with Crippen LogP contribution in [0.5, 0.6) is 0 Å². The summed E-state index contributed by atoms with van der Waals surface area (Å²) in [5, 5.41) is 0.217. The van der Waals surface area contributed by atoms with Crippen molar-refractivity contribution in [2.45, 2.75) is 23.8 Å². The van der Waals surface area contributed by atoms with E-state index < -0.39 is 10.0 Å². The minimum atomic E-state index is -3.59. The monoisotopic (exact) mass is 317 g/mol. The van der Waals surface area contributed by atoms with E-state index in [-0.39, 0.29) is 16.0 Å². The summed E-state index contributed by atoms with van der Waals surface area (Å²) >= 11 is 6.04. The molecule has 1 aliphatic rings. The lowest BCUT2D eigenvalue weighted by atomic mass is 10.2. The van der Waals surface area contributed by atoms with E-state index in [1.807, 2.05) is 19.0 Å². The van der Waals surface area contributed by atoms with Gasteiger partial charge in [-0.15, -0.1) is 0 Å². The van der Waals surface area contributed by atoms with Crippen LogP contribution in [0.1, 0.15) is 12.8 Å². The Morgan fingerprint density at radius 3 is 2.80 bits per heavy atom. The van der Waals surface area contributed by atoms with E-state index in [1.54, 1.807) is 10.4 Å². The summed E-state index contributed by atoms with van der Waals surface area (Å²) in [6, 6.07) is 4.55. The number of hydrogen-bond acceptors (Lipinski definition) is 4. The second-order valence-corrected chi connectivity index (χ2v) is 7.63. The molecule has 7 heteroatoms. The first kappa shape index (κ1) is 15.6. The van der Waals surface area contributed by atoms with Crippen LogP contribution in [0.25, 0.3) is 0 Å². The van der Waals surface area contributed by atoms with Crippen molar-refractivity contribution in [2.75, 3.05) is 32.9 Å². The summed E-state index contributed by atoms with van der Waals surface area (Å²) < 4.78 is 27.1. The molecule has 1 aliphatic heterocycles. The Hall–Kier alpha value is -0.820. The van der Waals surface area contributed by atoms with Crippen LogP contribution in [-0.4, -0.2) is 50.8 Å². The maximum absolute atomic E-state index is 12.8. The zero-order chi connectivity index (χ0) is 14.9. The Morgan fingerprint density at radius 2 is 2.15 bits per heavy atom. The number of nitrogens with two attached hydrogens (primary N) is 1. The third kappa shape index (κ3) is 3.09. The van der Waals surface area contributed by atoms with Gasteiger partial charge in [0.05, 0.1) is 5.02 Å². The van der Waals surface area contributed by atoms with Crippen molar-refractivity contribution < 1.29 is 8.42 Å². The van der Waals surface area contributed by atoms with Gasteiger partial charge in [-0.2, -0.15) is 4.31 Å². The van der Waals surface area contributed by atoms with Crippen LogP contribution in [0.3, 0.4) is 0 Å². The number of anilines is 1. The maximum atomic E-state index is 12.8. The molecule has 1 aromatic carbocycles. The molecule has 0 radical (unpaired) electrons. The highest BCUT2D eigenvalue weighted by Gasteiger charge is 2.36. The minimum Gasteiger partial charge on any atom is -0.399 e. The van der Waals surface area contributed by atoms with Gasteiger partial charge in [-0.05, 0) is 45.1 Å². The van der Waals surface area contributed by atoms with Gasteiger partial charge < -0.3 is 10.6 Å². The quantitative estimate of drug-likeness (QED) is 0.857. The zero-order valence-corrected chi connectivity index (χ0v) is 13.3. The Morgan fingerprint density at radius 1 is 1.45 bits per heavy atom. The van der Waals surface area contributed by atoms with Gasteiger partial charge in [0, 0.05) is 24.8 Å². The van der Waals surface area contributed by atoms with Gasteiger partial charge in [-0.3, -0.25) is 0 Å². The molecule has 0 saturated carbocycles. The molecular formula is C13H20ClN3O2S. The van der Waals surface area contributed by atoms with Gasteiger partial charge in [-0.25, -0.2) is 8.42 Å². The van der Waals surface area contributed by atoms with Crippen LogP contribution in [0.4, 0.5) is 5.69 Å². The van der Waals surface area contributed by atoms with Gasteiger partial charge in [0.2, 0.25) is 10.0 Å². The smallest absolute Gasteiger partial charge is 0.244 e. The predicted octanol–water partition coefficient (Wildman–Crippen LogP) is 1.64. The first-order valence-electron chi connectivity index (χ1n) is 6.54. The average Bonchev–Trinajstić information content (AvgIpc) is 2.80. The molecule has 5 nitrogen and oxygen atoms in total. The molecule has 2 N–H and O–H groups in total. The number of rotatable bonds is 4. The summed E-state index contributed by atoms with van der Waals surface area (Å²) in [6.07, 6.45) is 1.75. The number of sulfonamides is 1. The fourth-order valence-corrected chi connectivity index (χ4v) is 4.77. The maximum Gasteiger partial charge on any atom is 0.244 e. The van der Waals surface area contributed by atoms with Crippen molar-refractivity contribution in [3.63, 3.8) is 0 Å². The van der Waals surface area contributed by atoms with Crippen LogP contribution in [0.2, 0.25) is 5.02 Å². The molecule has 2 rings (SSSR count). The standard InChI is InChI=1S/C13H20ClN3O2S/c1-16(2)9-11-4-3-7-17(11)20(18,19)13-8-10(15)5-6-12(13)14/h5-6,8,11H,3-4,7,9,15H2,1-2H3. The van der Waals surface area contributed by atoms with Crippen molar-refractivity contribution in [1.29, 1.82) is 0 Å². The average molecular weight is 318 g/mol. The highest BCUT2D eigenvalue weighted by Crippen LogP contribution is 2.31. The first-order chi connectivity index (χ1) is 9.32. The number of nitrogen functional groups attached to an aromatic ring is 1. The first-order valence-corrected chi connectivity index (χ1v) is 8.36. The van der Waals surface area contributed by atoms with Gasteiger partial charge in [-0.1, -0.05) is 11.6 Å². The summed E-state index contributed by atoms with van der Waals surface area (Å²) in [5.74, 6) is 0. The van der Waals surface area contributed by atoms with Crippen molar-refractivity contribution in [3.8, 4) is 0 Å². The number of nitrogens with zero attached hydrogens (tertiary/aromatic N) is 2. The summed E-state index contributed by atoms with van der Waals surface area (Å²) in [7, 11) is 0.290. The predicted molar refractivity (Wildman–Crippen MR) is 81.3 cm³/mol. The van der Waals surface area contributed by atoms with Crippen LogP contribution < -0.4 is 5.73 Å². The van der Waals surface area contributed by atoms with Gasteiger partial charge in [0.1, 0.15) is 4.90 Å². The molecule has 0 spiro atoms. The van der Waals surface area contributed by atoms with E-state index in [4.69, 9.17) is 17.3 Å². The molecule has 112 valence electrons. The van der Waals surface area contributed by atoms with E-state index in [0.717, 1.165) is 12.8 Å². The molecule has 0 bridgehead atoms. The number of hydrogen-bond donors (Lipinski definition) is 1. The summed E-state index contributed by atoms with van der Waals surface area (Å²) in [6.45, 7) is 1.24. The Labute approximate surface area is 125 Å². The molecule has 1 unspecified atom stereocenters. The highest BCUT2D eigenvalue weighted by molar-refractivity contribution is 7.89. The number of likely N-dealkylation sites (N-methyl/N-ethyl adjacent to an activating group) is 1. The molecule has 0 amide bonds. The number of halogens is 1. The molecule has 20 heavy (non-hydrogen) atoms.